The van der Waals surface area contributed by atoms with E-state index >= 15 is 0 Å². The van der Waals surface area contributed by atoms with Gasteiger partial charge in [0.05, 0.1) is 22.1 Å². The Morgan fingerprint density at radius 1 is 1.04 bits per heavy atom. The molecule has 1 heterocycles. The number of ketones is 1. The van der Waals surface area contributed by atoms with Crippen molar-refractivity contribution >= 4 is 23.3 Å². The highest BCUT2D eigenvalue weighted by Crippen LogP contribution is 2.42. The number of carbonyl (C=O) groups is 3. The fourth-order valence-corrected chi connectivity index (χ4v) is 3.64. The third-order valence-electron chi connectivity index (χ3n) is 4.76. The number of carbonyl (C=O) groups excluding carboxylic acids is 3. The summed E-state index contributed by atoms with van der Waals surface area (Å²) in [4.78, 5) is 49.0. The number of rotatable bonds is 2. The van der Waals surface area contributed by atoms with Gasteiger partial charge in [-0.05, 0) is 24.6 Å². The van der Waals surface area contributed by atoms with Crippen LogP contribution in [0.4, 0.5) is 10.1 Å². The SMILES string of the molecule is O=C1CCC(N2C(=O)c3ccccc3C2=O)c2c(F)ccc([N+](=O)[O-])c21. The fourth-order valence-electron chi connectivity index (χ4n) is 3.64. The monoisotopic (exact) mass is 354 g/mol. The molecule has 2 aliphatic rings. The first-order valence-electron chi connectivity index (χ1n) is 7.88. The molecule has 0 fully saturated rings. The van der Waals surface area contributed by atoms with Crippen LogP contribution in [0.1, 0.15) is 55.5 Å². The van der Waals surface area contributed by atoms with Crippen molar-refractivity contribution in [1.29, 1.82) is 0 Å². The maximum Gasteiger partial charge on any atom is 0.280 e. The van der Waals surface area contributed by atoms with Gasteiger partial charge in [0.15, 0.2) is 5.78 Å². The molecular formula is C18H11FN2O5. The quantitative estimate of drug-likeness (QED) is 0.469. The minimum absolute atomic E-state index is 0.0232. The summed E-state index contributed by atoms with van der Waals surface area (Å²) in [6.07, 6.45) is -0.0925. The van der Waals surface area contributed by atoms with Gasteiger partial charge in [0.2, 0.25) is 0 Å². The van der Waals surface area contributed by atoms with E-state index in [2.05, 4.69) is 0 Å². The topological polar surface area (TPSA) is 97.6 Å². The molecule has 4 rings (SSSR count). The molecule has 2 aromatic rings. The lowest BCUT2D eigenvalue weighted by molar-refractivity contribution is -0.385. The zero-order chi connectivity index (χ0) is 18.6. The number of nitro groups is 1. The molecule has 1 aliphatic heterocycles. The summed E-state index contributed by atoms with van der Waals surface area (Å²) < 4.78 is 14.6. The Bertz CT molecular complexity index is 982. The number of halogens is 1. The molecule has 0 spiro atoms. The van der Waals surface area contributed by atoms with Crippen LogP contribution in [0.2, 0.25) is 0 Å². The second-order valence-corrected chi connectivity index (χ2v) is 6.12. The molecule has 0 N–H and O–H groups in total. The maximum atomic E-state index is 14.6. The van der Waals surface area contributed by atoms with Crippen LogP contribution >= 0.6 is 0 Å². The van der Waals surface area contributed by atoms with Crippen molar-refractivity contribution in [1.82, 2.24) is 4.90 Å². The Hall–Kier alpha value is -3.42. The fraction of sp³-hybridized carbons (Fsp3) is 0.167. The minimum Gasteiger partial charge on any atom is -0.294 e. The van der Waals surface area contributed by atoms with Crippen LogP contribution in [0.15, 0.2) is 36.4 Å². The van der Waals surface area contributed by atoms with Crippen LogP contribution in [0.5, 0.6) is 0 Å². The summed E-state index contributed by atoms with van der Waals surface area (Å²) in [5, 5.41) is 11.2. The van der Waals surface area contributed by atoms with Gasteiger partial charge in [0, 0.05) is 18.1 Å². The van der Waals surface area contributed by atoms with Crippen molar-refractivity contribution in [3.8, 4) is 0 Å². The Morgan fingerprint density at radius 2 is 1.65 bits per heavy atom. The Kier molecular flexibility index (Phi) is 3.43. The van der Waals surface area contributed by atoms with Crippen molar-refractivity contribution in [3.05, 3.63) is 74.6 Å². The second-order valence-electron chi connectivity index (χ2n) is 6.12. The van der Waals surface area contributed by atoms with E-state index in [-0.39, 0.29) is 35.1 Å². The lowest BCUT2D eigenvalue weighted by atomic mass is 9.84. The summed E-state index contributed by atoms with van der Waals surface area (Å²) >= 11 is 0. The largest absolute Gasteiger partial charge is 0.294 e. The molecule has 1 unspecified atom stereocenters. The highest BCUT2D eigenvalue weighted by Gasteiger charge is 2.45. The van der Waals surface area contributed by atoms with E-state index < -0.39 is 40.1 Å². The summed E-state index contributed by atoms with van der Waals surface area (Å²) in [5.74, 6) is -2.61. The predicted molar refractivity (Wildman–Crippen MR) is 86.3 cm³/mol. The molecule has 0 aromatic heterocycles. The number of amides is 2. The van der Waals surface area contributed by atoms with Gasteiger partial charge in [-0.25, -0.2) is 4.39 Å². The Labute approximate surface area is 146 Å². The maximum absolute atomic E-state index is 14.6. The van der Waals surface area contributed by atoms with Crippen molar-refractivity contribution in [3.63, 3.8) is 0 Å². The molecule has 1 atom stereocenters. The number of nitrogens with zero attached hydrogens (tertiary/aromatic N) is 2. The smallest absolute Gasteiger partial charge is 0.280 e. The summed E-state index contributed by atoms with van der Waals surface area (Å²) in [6, 6.07) is 6.96. The van der Waals surface area contributed by atoms with E-state index in [1.807, 2.05) is 0 Å². The van der Waals surface area contributed by atoms with Gasteiger partial charge in [0.1, 0.15) is 11.4 Å². The molecule has 2 amide bonds. The first kappa shape index (κ1) is 16.1. The van der Waals surface area contributed by atoms with E-state index in [1.165, 1.54) is 12.1 Å². The van der Waals surface area contributed by atoms with E-state index in [1.54, 1.807) is 12.1 Å². The number of benzene rings is 2. The molecule has 130 valence electrons. The van der Waals surface area contributed by atoms with Crippen LogP contribution < -0.4 is 0 Å². The normalized spacial score (nSPS) is 18.7. The van der Waals surface area contributed by atoms with Crippen molar-refractivity contribution in [2.75, 3.05) is 0 Å². The van der Waals surface area contributed by atoms with Gasteiger partial charge in [-0.3, -0.25) is 29.4 Å². The van der Waals surface area contributed by atoms with Crippen molar-refractivity contribution < 1.29 is 23.7 Å². The van der Waals surface area contributed by atoms with E-state index in [9.17, 15) is 28.9 Å². The highest BCUT2D eigenvalue weighted by atomic mass is 19.1. The Balaban J connectivity index is 1.90. The average molecular weight is 354 g/mol. The summed E-state index contributed by atoms with van der Waals surface area (Å²) in [6.45, 7) is 0. The third kappa shape index (κ3) is 2.08. The number of Topliss-reactive ketones (excluding diaryl/α,β-unsaturated/α-hetero) is 1. The average Bonchev–Trinajstić information content (AvgIpc) is 2.87. The lowest BCUT2D eigenvalue weighted by Crippen LogP contribution is -2.37. The van der Waals surface area contributed by atoms with Crippen LogP contribution in [0, 0.1) is 15.9 Å². The molecule has 2 aromatic carbocycles. The third-order valence-corrected chi connectivity index (χ3v) is 4.76. The Morgan fingerprint density at radius 3 is 2.23 bits per heavy atom. The van der Waals surface area contributed by atoms with Gasteiger partial charge in [-0.1, -0.05) is 12.1 Å². The van der Waals surface area contributed by atoms with Gasteiger partial charge in [-0.15, -0.1) is 0 Å². The van der Waals surface area contributed by atoms with Crippen LogP contribution in [-0.4, -0.2) is 27.4 Å². The first-order chi connectivity index (χ1) is 12.4. The lowest BCUT2D eigenvalue weighted by Gasteiger charge is -2.31. The zero-order valence-electron chi connectivity index (χ0n) is 13.3. The molecule has 7 nitrogen and oxygen atoms in total. The second kappa shape index (κ2) is 5.55. The first-order valence-corrected chi connectivity index (χ1v) is 7.88. The number of imide groups is 1. The van der Waals surface area contributed by atoms with Gasteiger partial charge < -0.3 is 0 Å². The summed E-state index contributed by atoms with van der Waals surface area (Å²) in [7, 11) is 0. The molecule has 0 radical (unpaired) electrons. The van der Waals surface area contributed by atoms with Crippen LogP contribution in [-0.2, 0) is 0 Å². The van der Waals surface area contributed by atoms with Gasteiger partial charge >= 0.3 is 0 Å². The van der Waals surface area contributed by atoms with Crippen molar-refractivity contribution in [2.24, 2.45) is 0 Å². The molecule has 8 heteroatoms. The number of hydrogen-bond acceptors (Lipinski definition) is 5. The predicted octanol–water partition coefficient (Wildman–Crippen LogP) is 3.05. The number of fused-ring (bicyclic) bond motifs is 2. The molecule has 26 heavy (non-hydrogen) atoms. The number of nitro benzene ring substituents is 1. The van der Waals surface area contributed by atoms with Crippen LogP contribution in [0.25, 0.3) is 0 Å². The van der Waals surface area contributed by atoms with E-state index in [0.717, 1.165) is 17.0 Å². The zero-order valence-corrected chi connectivity index (χ0v) is 13.3. The minimum atomic E-state index is -1.06. The molecular weight excluding hydrogens is 343 g/mol. The number of hydrogen-bond donors (Lipinski definition) is 0. The molecule has 0 saturated carbocycles. The molecule has 0 bridgehead atoms. The van der Waals surface area contributed by atoms with E-state index in [4.69, 9.17) is 0 Å². The molecule has 1 aliphatic carbocycles. The van der Waals surface area contributed by atoms with Crippen molar-refractivity contribution in [2.45, 2.75) is 18.9 Å². The van der Waals surface area contributed by atoms with E-state index in [0.29, 0.717) is 0 Å². The highest BCUT2D eigenvalue weighted by molar-refractivity contribution is 6.21. The molecule has 0 saturated heterocycles. The standard InChI is InChI=1S/C18H11FN2O5/c19-11-5-6-13(21(25)26)16-14(22)8-7-12(15(11)16)20-17(23)9-3-1-2-4-10(9)18(20)24/h1-6,12H,7-8H2. The van der Waals surface area contributed by atoms with Gasteiger partial charge in [0.25, 0.3) is 17.5 Å². The summed E-state index contributed by atoms with van der Waals surface area (Å²) in [5.41, 5.74) is -0.746. The van der Waals surface area contributed by atoms with Crippen LogP contribution in [0.3, 0.4) is 0 Å². The van der Waals surface area contributed by atoms with Gasteiger partial charge in [-0.2, -0.15) is 0 Å².